The van der Waals surface area contributed by atoms with Gasteiger partial charge in [-0.3, -0.25) is 9.13 Å². The van der Waals surface area contributed by atoms with Crippen molar-refractivity contribution in [2.45, 2.75) is 110 Å². The minimum Gasteiger partial charge on any atom is -0.324 e. The summed E-state index contributed by atoms with van der Waals surface area (Å²) in [6, 6.07) is 0. The van der Waals surface area contributed by atoms with Crippen LogP contribution in [0.15, 0.2) is 0 Å². The fraction of sp³-hybridized carbons (Fsp3) is 1.00. The third-order valence-electron chi connectivity index (χ3n) is 5.06. The lowest BCUT2D eigenvalue weighted by molar-refractivity contribution is 0.121. The summed E-state index contributed by atoms with van der Waals surface area (Å²) in [6.45, 7) is 6.18. The Morgan fingerprint density at radius 3 is 1.84 bits per heavy atom. The number of unbranched alkanes of at least 4 members (excludes halogenated alkanes) is 10. The molecule has 6 nitrogen and oxygen atoms in total. The Labute approximate surface area is 195 Å². The van der Waals surface area contributed by atoms with E-state index in [-0.39, 0.29) is 18.9 Å². The molecule has 9 heteroatoms. The molecular weight excluding hydrogens is 454 g/mol. The van der Waals surface area contributed by atoms with Crippen LogP contribution in [0, 0.1) is 0 Å². The number of hydrogen-bond donors (Lipinski definition) is 2. The molecule has 2 N–H and O–H groups in total. The summed E-state index contributed by atoms with van der Waals surface area (Å²) >= 11 is 1.66. The summed E-state index contributed by atoms with van der Waals surface area (Å²) in [4.78, 5) is 20.3. The van der Waals surface area contributed by atoms with E-state index in [1.165, 1.54) is 38.5 Å². The third kappa shape index (κ3) is 21.0. The zero-order chi connectivity index (χ0) is 23.4. The first-order valence-corrected chi connectivity index (χ1v) is 17.0. The van der Waals surface area contributed by atoms with E-state index < -0.39 is 21.3 Å². The van der Waals surface area contributed by atoms with Crippen molar-refractivity contribution in [3.63, 3.8) is 0 Å². The van der Waals surface area contributed by atoms with E-state index in [4.69, 9.17) is 9.05 Å². The van der Waals surface area contributed by atoms with Gasteiger partial charge < -0.3 is 18.8 Å². The maximum Gasteiger partial charge on any atom is 0.328 e. The molecule has 0 aliphatic carbocycles. The minimum atomic E-state index is -3.74. The van der Waals surface area contributed by atoms with Crippen LogP contribution >= 0.6 is 27.0 Å². The zero-order valence-electron chi connectivity index (χ0n) is 20.1. The molecule has 0 fully saturated rings. The Hall–Kier alpha value is 0.650. The first kappa shape index (κ1) is 31.6. The molecule has 0 saturated carbocycles. The molecule has 3 atom stereocenters. The van der Waals surface area contributed by atoms with Gasteiger partial charge in [0.25, 0.3) is 0 Å². The van der Waals surface area contributed by atoms with Crippen LogP contribution in [-0.2, 0) is 18.2 Å². The topological polar surface area (TPSA) is 93.1 Å². The van der Waals surface area contributed by atoms with Gasteiger partial charge in [-0.05, 0) is 25.0 Å². The molecule has 188 valence electrons. The Morgan fingerprint density at radius 1 is 0.710 bits per heavy atom. The number of thioether (sulfide) groups is 1. The number of hydrogen-bond acceptors (Lipinski definition) is 5. The summed E-state index contributed by atoms with van der Waals surface area (Å²) in [7, 11) is -7.43. The highest BCUT2D eigenvalue weighted by Gasteiger charge is 2.27. The fourth-order valence-electron chi connectivity index (χ4n) is 3.13. The van der Waals surface area contributed by atoms with Crippen molar-refractivity contribution in [1.29, 1.82) is 0 Å². The fourth-order valence-corrected chi connectivity index (χ4v) is 6.81. The average molecular weight is 503 g/mol. The van der Waals surface area contributed by atoms with E-state index in [1.807, 2.05) is 6.92 Å². The van der Waals surface area contributed by atoms with Crippen LogP contribution in [0.1, 0.15) is 104 Å². The van der Waals surface area contributed by atoms with Crippen LogP contribution in [0.3, 0.4) is 0 Å². The first-order valence-electron chi connectivity index (χ1n) is 12.3. The van der Waals surface area contributed by atoms with E-state index in [0.717, 1.165) is 37.9 Å². The lowest BCUT2D eigenvalue weighted by atomic mass is 10.1. The quantitative estimate of drug-likeness (QED) is 0.110. The second-order valence-corrected chi connectivity index (χ2v) is 13.4. The van der Waals surface area contributed by atoms with Gasteiger partial charge in [0.2, 0.25) is 0 Å². The lowest BCUT2D eigenvalue weighted by Crippen LogP contribution is -2.22. The van der Waals surface area contributed by atoms with Gasteiger partial charge in [0.15, 0.2) is 0 Å². The molecule has 31 heavy (non-hydrogen) atoms. The predicted octanol–water partition coefficient (Wildman–Crippen LogP) is 7.62. The maximum atomic E-state index is 12.6. The van der Waals surface area contributed by atoms with E-state index in [2.05, 4.69) is 13.8 Å². The smallest absolute Gasteiger partial charge is 0.324 e. The van der Waals surface area contributed by atoms with Crippen LogP contribution in [0.25, 0.3) is 0 Å². The van der Waals surface area contributed by atoms with Gasteiger partial charge in [-0.25, -0.2) is 0 Å². The molecule has 0 amide bonds. The highest BCUT2D eigenvalue weighted by molar-refractivity contribution is 7.99. The highest BCUT2D eigenvalue weighted by Crippen LogP contribution is 2.47. The molecular formula is C22H48O6P2S. The van der Waals surface area contributed by atoms with Gasteiger partial charge >= 0.3 is 15.2 Å². The first-order chi connectivity index (χ1) is 14.8. The van der Waals surface area contributed by atoms with Gasteiger partial charge in [-0.1, -0.05) is 85.0 Å². The van der Waals surface area contributed by atoms with E-state index in [1.54, 1.807) is 11.8 Å². The summed E-state index contributed by atoms with van der Waals surface area (Å²) in [5.74, 6) is 1.44. The van der Waals surface area contributed by atoms with Crippen molar-refractivity contribution in [3.8, 4) is 0 Å². The molecule has 0 spiro atoms. The van der Waals surface area contributed by atoms with Crippen molar-refractivity contribution in [2.75, 3.05) is 30.4 Å². The molecule has 0 rings (SSSR count). The molecule has 0 aliphatic heterocycles. The van der Waals surface area contributed by atoms with Crippen LogP contribution < -0.4 is 0 Å². The molecule has 0 aliphatic rings. The molecule has 3 unspecified atom stereocenters. The predicted molar refractivity (Wildman–Crippen MR) is 135 cm³/mol. The molecule has 0 bridgehead atoms. The van der Waals surface area contributed by atoms with Gasteiger partial charge in [0, 0.05) is 18.1 Å². The molecule has 0 radical (unpaired) electrons. The van der Waals surface area contributed by atoms with Crippen molar-refractivity contribution >= 4 is 27.0 Å². The Bertz CT molecular complexity index is 506. The van der Waals surface area contributed by atoms with Gasteiger partial charge in [0.1, 0.15) is 6.10 Å². The van der Waals surface area contributed by atoms with E-state index in [0.29, 0.717) is 18.6 Å². The molecule has 0 heterocycles. The standard InChI is InChI=1S/C22H48O6P2S/c1-4-7-10-12-13-15-18-30(25,26)28-22(20-27-29(23,24)17-9-6-3)21-31-19-16-14-11-8-5-2/h22H,4-21H2,1-3H3,(H,23,24)(H,25,26). The number of rotatable bonds is 23. The average Bonchev–Trinajstić information content (AvgIpc) is 2.72. The second-order valence-electron chi connectivity index (χ2n) is 8.36. The Kier molecular flexibility index (Phi) is 20.5. The minimum absolute atomic E-state index is 0.106. The monoisotopic (exact) mass is 502 g/mol. The largest absolute Gasteiger partial charge is 0.328 e. The summed E-state index contributed by atoms with van der Waals surface area (Å²) in [5, 5.41) is 0. The van der Waals surface area contributed by atoms with Crippen molar-refractivity contribution in [3.05, 3.63) is 0 Å². The normalized spacial score (nSPS) is 16.7. The third-order valence-corrected chi connectivity index (χ3v) is 9.19. The van der Waals surface area contributed by atoms with E-state index >= 15 is 0 Å². The van der Waals surface area contributed by atoms with Crippen molar-refractivity contribution in [2.24, 2.45) is 0 Å². The maximum absolute atomic E-state index is 12.6. The lowest BCUT2D eigenvalue weighted by Gasteiger charge is -2.22. The van der Waals surface area contributed by atoms with Gasteiger partial charge in [-0.15, -0.1) is 0 Å². The second kappa shape index (κ2) is 20.1. The summed E-state index contributed by atoms with van der Waals surface area (Å²) in [5.41, 5.74) is 0. The molecule has 0 aromatic rings. The van der Waals surface area contributed by atoms with Crippen molar-refractivity contribution < 1.29 is 28.0 Å². The van der Waals surface area contributed by atoms with Gasteiger partial charge in [-0.2, -0.15) is 11.8 Å². The van der Waals surface area contributed by atoms with E-state index in [9.17, 15) is 18.9 Å². The zero-order valence-corrected chi connectivity index (χ0v) is 22.7. The van der Waals surface area contributed by atoms with Crippen molar-refractivity contribution in [1.82, 2.24) is 0 Å². The van der Waals surface area contributed by atoms with Crippen LogP contribution in [0.5, 0.6) is 0 Å². The Balaban J connectivity index is 4.51. The SMILES string of the molecule is CCCCCCCCP(=O)(O)OC(COP(=O)(O)CCCC)CSCCCCCCC. The highest BCUT2D eigenvalue weighted by atomic mass is 32.2. The molecule has 0 saturated heterocycles. The van der Waals surface area contributed by atoms with Crippen LogP contribution in [0.4, 0.5) is 0 Å². The Morgan fingerprint density at radius 2 is 1.23 bits per heavy atom. The van der Waals surface area contributed by atoms with Crippen LogP contribution in [-0.4, -0.2) is 46.3 Å². The molecule has 0 aromatic carbocycles. The summed E-state index contributed by atoms with van der Waals surface area (Å²) < 4.78 is 35.5. The molecule has 0 aromatic heterocycles. The summed E-state index contributed by atoms with van der Waals surface area (Å²) in [6.07, 6.45) is 13.2. The van der Waals surface area contributed by atoms with Crippen LogP contribution in [0.2, 0.25) is 0 Å². The van der Waals surface area contributed by atoms with Gasteiger partial charge in [0.05, 0.1) is 6.61 Å².